The standard InChI is InChI=1S/C36H37NO15/c1-18(38)48-24(33(44)52-29(19-7-5-4-6-8-19)34(45)50-23(32(42)43)16-26(39)40)17-27(41)49-22-11-12-36(46)25-15-20-9-10-21(47-3)30-28(20)35(36,31(22)51-30)13-14-37(25)2/h4-11,23-25,29,31,46H,12-17H2,1-3H3,(H,39,40)(H,42,43)/t23-,24-,25+,29-,31-,35-,36+/m0/s1. The summed E-state index contributed by atoms with van der Waals surface area (Å²) in [7, 11) is 3.45. The fraction of sp³-hybridized carbons (Fsp3) is 0.444. The molecule has 0 amide bonds. The lowest BCUT2D eigenvalue weighted by molar-refractivity contribution is -0.186. The third-order valence-corrected chi connectivity index (χ3v) is 10.2. The molecule has 3 N–H and O–H groups in total. The van der Waals surface area contributed by atoms with Gasteiger partial charge in [0.1, 0.15) is 5.76 Å². The molecule has 0 aromatic heterocycles. The lowest BCUT2D eigenvalue weighted by Gasteiger charge is -2.61. The summed E-state index contributed by atoms with van der Waals surface area (Å²) in [4.78, 5) is 77.0. The molecule has 2 heterocycles. The first-order valence-corrected chi connectivity index (χ1v) is 16.5. The summed E-state index contributed by atoms with van der Waals surface area (Å²) in [6, 6.07) is 10.7. The molecule has 52 heavy (non-hydrogen) atoms. The molecule has 0 unspecified atom stereocenters. The smallest absolute Gasteiger partial charge is 0.353 e. The van der Waals surface area contributed by atoms with Crippen LogP contribution < -0.4 is 9.47 Å². The Kier molecular flexibility index (Phi) is 9.72. The van der Waals surface area contributed by atoms with Gasteiger partial charge in [0, 0.05) is 30.5 Å². The van der Waals surface area contributed by atoms with Gasteiger partial charge in [-0.25, -0.2) is 14.4 Å². The van der Waals surface area contributed by atoms with Crippen molar-refractivity contribution in [2.24, 2.45) is 0 Å². The molecule has 16 nitrogen and oxygen atoms in total. The number of likely N-dealkylation sites (N-methyl/N-ethyl adjacent to an activating group) is 1. The highest BCUT2D eigenvalue weighted by Gasteiger charge is 2.72. The largest absolute Gasteiger partial charge is 0.493 e. The molecule has 2 aliphatic carbocycles. The van der Waals surface area contributed by atoms with Crippen molar-refractivity contribution in [1.82, 2.24) is 4.90 Å². The Bertz CT molecular complexity index is 1840. The maximum atomic E-state index is 13.5. The second-order valence-corrected chi connectivity index (χ2v) is 13.2. The number of likely N-dealkylation sites (tertiary alicyclic amines) is 1. The second-order valence-electron chi connectivity index (χ2n) is 13.2. The normalized spacial score (nSPS) is 25.5. The minimum absolute atomic E-state index is 0.0141. The number of nitrogens with zero attached hydrogens (tertiary/aromatic N) is 1. The zero-order valence-electron chi connectivity index (χ0n) is 28.4. The summed E-state index contributed by atoms with van der Waals surface area (Å²) in [6.07, 6.45) is -6.14. The van der Waals surface area contributed by atoms with Crippen LogP contribution >= 0.6 is 0 Å². The van der Waals surface area contributed by atoms with Gasteiger partial charge in [-0.15, -0.1) is 0 Å². The average molecular weight is 724 g/mol. The molecule has 4 aliphatic rings. The maximum Gasteiger partial charge on any atom is 0.353 e. The van der Waals surface area contributed by atoms with Gasteiger partial charge in [-0.1, -0.05) is 36.4 Å². The van der Waals surface area contributed by atoms with Gasteiger partial charge in [0.25, 0.3) is 0 Å². The number of carboxylic acid groups (broad SMARTS) is 2. The van der Waals surface area contributed by atoms with Crippen LogP contribution in [0.15, 0.2) is 54.3 Å². The van der Waals surface area contributed by atoms with Crippen molar-refractivity contribution in [2.45, 2.75) is 80.5 Å². The fourth-order valence-corrected chi connectivity index (χ4v) is 7.90. The lowest BCUT2D eigenvalue weighted by Crippen LogP contribution is -2.74. The van der Waals surface area contributed by atoms with E-state index in [-0.39, 0.29) is 23.8 Å². The van der Waals surface area contributed by atoms with E-state index in [9.17, 15) is 39.0 Å². The predicted molar refractivity (Wildman–Crippen MR) is 173 cm³/mol. The number of rotatable bonds is 13. The molecular formula is C36H37NO15. The molecule has 0 saturated carbocycles. The highest BCUT2D eigenvalue weighted by molar-refractivity contribution is 5.88. The monoisotopic (exact) mass is 723 g/mol. The summed E-state index contributed by atoms with van der Waals surface area (Å²) in [5.41, 5.74) is -0.466. The first-order valence-electron chi connectivity index (χ1n) is 16.5. The van der Waals surface area contributed by atoms with Crippen LogP contribution in [0.1, 0.15) is 55.4 Å². The molecule has 2 bridgehead atoms. The summed E-state index contributed by atoms with van der Waals surface area (Å²) < 4.78 is 33.2. The SMILES string of the molecule is COc1ccc2c3c1O[C@H]1C(OC(=O)C[C@H](OC(C)=O)C(=O)O[C@H](C(=O)O[C@@H](CC(=O)O)C(=O)O)c4ccccc4)=CC[C@@]4(O)[C@@H](C2)N(C)CC[C@]314. The third-order valence-electron chi connectivity index (χ3n) is 10.2. The quantitative estimate of drug-likeness (QED) is 0.197. The van der Waals surface area contributed by atoms with Gasteiger partial charge in [-0.2, -0.15) is 0 Å². The van der Waals surface area contributed by atoms with E-state index in [1.54, 1.807) is 18.2 Å². The van der Waals surface area contributed by atoms with E-state index in [0.717, 1.165) is 18.1 Å². The van der Waals surface area contributed by atoms with E-state index in [0.29, 0.717) is 30.9 Å². The van der Waals surface area contributed by atoms with Crippen molar-refractivity contribution in [3.63, 3.8) is 0 Å². The topological polar surface area (TPSA) is 222 Å². The summed E-state index contributed by atoms with van der Waals surface area (Å²) in [5.74, 6) is -7.14. The lowest BCUT2D eigenvalue weighted by atomic mass is 9.50. The molecule has 6 rings (SSSR count). The van der Waals surface area contributed by atoms with Crippen LogP contribution in [0.25, 0.3) is 0 Å². The molecule has 16 heteroatoms. The molecule has 2 aromatic rings. The van der Waals surface area contributed by atoms with Gasteiger partial charge in [0.05, 0.1) is 31.0 Å². The number of piperidine rings is 1. The summed E-state index contributed by atoms with van der Waals surface area (Å²) >= 11 is 0. The van der Waals surface area contributed by atoms with Gasteiger partial charge in [0.2, 0.25) is 18.3 Å². The molecule has 2 aromatic carbocycles. The molecule has 1 spiro atoms. The maximum absolute atomic E-state index is 13.5. The van der Waals surface area contributed by atoms with Crippen LogP contribution in [0.5, 0.6) is 11.5 Å². The first-order chi connectivity index (χ1) is 24.7. The van der Waals surface area contributed by atoms with Gasteiger partial charge in [-0.3, -0.25) is 14.4 Å². The number of aliphatic carboxylic acids is 2. The number of carbonyl (C=O) groups excluding carboxylic acids is 4. The number of carbonyl (C=O) groups is 6. The van der Waals surface area contributed by atoms with E-state index in [4.69, 9.17) is 33.5 Å². The van der Waals surface area contributed by atoms with Gasteiger partial charge in [0.15, 0.2) is 17.6 Å². The fourth-order valence-electron chi connectivity index (χ4n) is 7.90. The number of hydrogen-bond acceptors (Lipinski definition) is 14. The number of carboxylic acids is 2. The van der Waals surface area contributed by atoms with Gasteiger partial charge >= 0.3 is 35.8 Å². The first kappa shape index (κ1) is 36.3. The summed E-state index contributed by atoms with van der Waals surface area (Å²) in [6.45, 7) is 1.61. The Morgan fingerprint density at radius 1 is 0.962 bits per heavy atom. The van der Waals surface area contributed by atoms with E-state index in [1.807, 2.05) is 13.1 Å². The Labute approximate surface area is 296 Å². The minimum atomic E-state index is -2.11. The number of ether oxygens (including phenoxy) is 6. The highest BCUT2D eigenvalue weighted by Crippen LogP contribution is 2.65. The Hall–Kier alpha value is -5.48. The van der Waals surface area contributed by atoms with Crippen LogP contribution in [0.4, 0.5) is 0 Å². The average Bonchev–Trinajstić information content (AvgIpc) is 3.45. The number of esters is 4. The molecular weight excluding hydrogens is 686 g/mol. The van der Waals surface area contributed by atoms with Crippen molar-refractivity contribution >= 4 is 35.8 Å². The number of aliphatic hydroxyl groups is 1. The van der Waals surface area contributed by atoms with Crippen LogP contribution in [-0.2, 0) is 59.6 Å². The highest BCUT2D eigenvalue weighted by atomic mass is 16.6. The van der Waals surface area contributed by atoms with Crippen molar-refractivity contribution in [3.8, 4) is 11.5 Å². The molecule has 276 valence electrons. The van der Waals surface area contributed by atoms with E-state index in [1.165, 1.54) is 31.4 Å². The number of hydrogen-bond donors (Lipinski definition) is 3. The molecule has 7 atom stereocenters. The van der Waals surface area contributed by atoms with E-state index < -0.39 is 84.1 Å². The van der Waals surface area contributed by atoms with Gasteiger partial charge in [-0.05, 0) is 44.1 Å². The molecule has 1 fully saturated rings. The van der Waals surface area contributed by atoms with Crippen LogP contribution in [0.3, 0.4) is 0 Å². The van der Waals surface area contributed by atoms with Crippen LogP contribution in [-0.4, -0.2) is 107 Å². The number of methoxy groups -OCH3 is 1. The predicted octanol–water partition coefficient (Wildman–Crippen LogP) is 1.59. The van der Waals surface area contributed by atoms with Crippen molar-refractivity contribution < 1.29 is 72.5 Å². The second kappa shape index (κ2) is 13.9. The molecule has 2 aliphatic heterocycles. The van der Waals surface area contributed by atoms with Crippen LogP contribution in [0.2, 0.25) is 0 Å². The van der Waals surface area contributed by atoms with Crippen molar-refractivity contribution in [3.05, 3.63) is 71.0 Å². The number of benzene rings is 2. The Balaban J connectivity index is 1.24. The third kappa shape index (κ3) is 6.21. The van der Waals surface area contributed by atoms with Gasteiger partial charge < -0.3 is 48.6 Å². The van der Waals surface area contributed by atoms with E-state index >= 15 is 0 Å². The zero-order chi connectivity index (χ0) is 37.5. The minimum Gasteiger partial charge on any atom is -0.493 e. The Morgan fingerprint density at radius 3 is 2.35 bits per heavy atom. The van der Waals surface area contributed by atoms with Crippen LogP contribution in [0, 0.1) is 0 Å². The van der Waals surface area contributed by atoms with Crippen molar-refractivity contribution in [1.29, 1.82) is 0 Å². The van der Waals surface area contributed by atoms with Crippen molar-refractivity contribution in [2.75, 3.05) is 20.7 Å². The van der Waals surface area contributed by atoms with E-state index in [2.05, 4.69) is 4.90 Å². The summed E-state index contributed by atoms with van der Waals surface area (Å²) in [5, 5.41) is 30.8. The Morgan fingerprint density at radius 2 is 1.69 bits per heavy atom. The molecule has 0 radical (unpaired) electrons. The molecule has 1 saturated heterocycles. The zero-order valence-corrected chi connectivity index (χ0v) is 28.4.